The molecule has 3 heteroatoms. The van der Waals surface area contributed by atoms with Crippen molar-refractivity contribution in [1.29, 1.82) is 0 Å². The van der Waals surface area contributed by atoms with E-state index in [1.165, 1.54) is 0 Å². The number of hydrogen-bond acceptors (Lipinski definition) is 2. The van der Waals surface area contributed by atoms with Crippen molar-refractivity contribution in [2.75, 3.05) is 11.4 Å². The number of fused-ring (bicyclic) bond motifs is 1. The van der Waals surface area contributed by atoms with Crippen molar-refractivity contribution in [1.82, 2.24) is 0 Å². The van der Waals surface area contributed by atoms with Crippen molar-refractivity contribution >= 4 is 17.4 Å². The van der Waals surface area contributed by atoms with E-state index in [1.807, 2.05) is 32.1 Å². The fourth-order valence-corrected chi connectivity index (χ4v) is 2.75. The van der Waals surface area contributed by atoms with Gasteiger partial charge in [-0.3, -0.25) is 9.59 Å². The zero-order valence-corrected chi connectivity index (χ0v) is 12.2. The number of carbonyl (C=O) groups is 2. The van der Waals surface area contributed by atoms with Crippen LogP contribution in [0.4, 0.5) is 5.69 Å². The average Bonchev–Trinajstić information content (AvgIpc) is 2.63. The largest absolute Gasteiger partial charge is 0.305 e. The molecule has 0 saturated heterocycles. The molecule has 3 nitrogen and oxygen atoms in total. The topological polar surface area (TPSA) is 37.4 Å². The summed E-state index contributed by atoms with van der Waals surface area (Å²) in [7, 11) is 0. The van der Waals surface area contributed by atoms with Crippen LogP contribution >= 0.6 is 0 Å². The summed E-state index contributed by atoms with van der Waals surface area (Å²) in [6, 6.07) is 3.90. The van der Waals surface area contributed by atoms with Gasteiger partial charge in [-0.15, -0.1) is 6.58 Å². The lowest BCUT2D eigenvalue weighted by molar-refractivity contribution is -0.114. The van der Waals surface area contributed by atoms with Crippen molar-refractivity contribution in [2.24, 2.45) is 0 Å². The lowest BCUT2D eigenvalue weighted by Crippen LogP contribution is -2.30. The molecule has 1 heterocycles. The van der Waals surface area contributed by atoms with Crippen molar-refractivity contribution < 1.29 is 9.59 Å². The zero-order chi connectivity index (χ0) is 14.7. The molecule has 0 fully saturated rings. The molecular formula is C17H21NO2. The Morgan fingerprint density at radius 2 is 1.90 bits per heavy atom. The quantitative estimate of drug-likeness (QED) is 0.450. The monoisotopic (exact) mass is 271 g/mol. The molecule has 0 spiro atoms. The molecule has 0 radical (unpaired) electrons. The normalized spacial score (nSPS) is 13.8. The fourth-order valence-electron chi connectivity index (χ4n) is 2.75. The van der Waals surface area contributed by atoms with Gasteiger partial charge in [0.15, 0.2) is 0 Å². The van der Waals surface area contributed by atoms with Gasteiger partial charge in [0, 0.05) is 6.54 Å². The number of anilines is 1. The summed E-state index contributed by atoms with van der Waals surface area (Å²) < 4.78 is 0. The van der Waals surface area contributed by atoms with Crippen molar-refractivity contribution in [3.05, 3.63) is 41.5 Å². The van der Waals surface area contributed by atoms with Gasteiger partial charge >= 0.3 is 0 Å². The summed E-state index contributed by atoms with van der Waals surface area (Å²) in [5.74, 6) is -0.735. The van der Waals surface area contributed by atoms with Gasteiger partial charge in [-0.1, -0.05) is 18.6 Å². The van der Waals surface area contributed by atoms with Gasteiger partial charge in [-0.25, -0.2) is 0 Å². The van der Waals surface area contributed by atoms with Gasteiger partial charge < -0.3 is 4.90 Å². The Morgan fingerprint density at radius 1 is 1.15 bits per heavy atom. The van der Waals surface area contributed by atoms with E-state index in [9.17, 15) is 9.59 Å². The van der Waals surface area contributed by atoms with Crippen LogP contribution in [0.5, 0.6) is 0 Å². The number of carbonyl (C=O) groups excluding carboxylic acids is 2. The Hall–Kier alpha value is -1.90. The lowest BCUT2D eigenvalue weighted by atomic mass is 10.0. The van der Waals surface area contributed by atoms with Crippen LogP contribution in [-0.2, 0) is 4.79 Å². The molecule has 0 unspecified atom stereocenters. The first-order valence-electron chi connectivity index (χ1n) is 7.14. The SMILES string of the molecule is C=CCCCCCN1C(=O)C(=O)c2c(C)cc(C)cc21. The number of unbranched alkanes of at least 4 members (excludes halogenated alkanes) is 3. The molecule has 0 atom stereocenters. The Labute approximate surface area is 120 Å². The highest BCUT2D eigenvalue weighted by Crippen LogP contribution is 2.32. The molecule has 1 aliphatic rings. The maximum Gasteiger partial charge on any atom is 0.299 e. The van der Waals surface area contributed by atoms with Gasteiger partial charge in [0.05, 0.1) is 11.3 Å². The van der Waals surface area contributed by atoms with Crippen LogP contribution < -0.4 is 4.90 Å². The number of nitrogens with zero attached hydrogens (tertiary/aromatic N) is 1. The Kier molecular flexibility index (Phi) is 4.38. The number of aryl methyl sites for hydroxylation is 2. The van der Waals surface area contributed by atoms with Gasteiger partial charge in [0.1, 0.15) is 0 Å². The number of amides is 1. The molecule has 1 amide bonds. The number of hydrogen-bond donors (Lipinski definition) is 0. The molecule has 0 aromatic heterocycles. The molecule has 1 aliphatic heterocycles. The van der Waals surface area contributed by atoms with Crippen LogP contribution in [0.25, 0.3) is 0 Å². The molecule has 0 aliphatic carbocycles. The zero-order valence-electron chi connectivity index (χ0n) is 12.2. The number of benzene rings is 1. The van der Waals surface area contributed by atoms with Gasteiger partial charge in [0.2, 0.25) is 0 Å². The summed E-state index contributed by atoms with van der Waals surface area (Å²) in [5, 5.41) is 0. The molecule has 1 aromatic rings. The van der Waals surface area contributed by atoms with E-state index in [2.05, 4.69) is 6.58 Å². The van der Waals surface area contributed by atoms with Gasteiger partial charge in [0.25, 0.3) is 11.7 Å². The van der Waals surface area contributed by atoms with Crippen molar-refractivity contribution in [3.8, 4) is 0 Å². The van der Waals surface area contributed by atoms with Crippen LogP contribution in [0.1, 0.15) is 47.2 Å². The first-order chi connectivity index (χ1) is 9.56. The summed E-state index contributed by atoms with van der Waals surface area (Å²) in [6.45, 7) is 8.20. The van der Waals surface area contributed by atoms with E-state index in [-0.39, 0.29) is 11.7 Å². The molecule has 20 heavy (non-hydrogen) atoms. The van der Waals surface area contributed by atoms with Crippen LogP contribution in [0.2, 0.25) is 0 Å². The highest BCUT2D eigenvalue weighted by molar-refractivity contribution is 6.52. The van der Waals surface area contributed by atoms with E-state index < -0.39 is 0 Å². The van der Waals surface area contributed by atoms with E-state index in [0.29, 0.717) is 12.1 Å². The third-order valence-electron chi connectivity index (χ3n) is 3.71. The number of Topliss-reactive ketones (excluding diaryl/α,β-unsaturated/α-hetero) is 1. The maximum atomic E-state index is 12.1. The number of ketones is 1. The van der Waals surface area contributed by atoms with Crippen molar-refractivity contribution in [3.63, 3.8) is 0 Å². The second-order valence-corrected chi connectivity index (χ2v) is 5.40. The number of rotatable bonds is 6. The smallest absolute Gasteiger partial charge is 0.299 e. The average molecular weight is 271 g/mol. The molecular weight excluding hydrogens is 250 g/mol. The summed E-state index contributed by atoms with van der Waals surface area (Å²) in [6.07, 6.45) is 5.96. The Morgan fingerprint density at radius 3 is 2.60 bits per heavy atom. The van der Waals surface area contributed by atoms with Crippen LogP contribution in [0.15, 0.2) is 24.8 Å². The van der Waals surface area contributed by atoms with Crippen LogP contribution in [0.3, 0.4) is 0 Å². The first kappa shape index (κ1) is 14.5. The highest BCUT2D eigenvalue weighted by Gasteiger charge is 2.36. The van der Waals surface area contributed by atoms with Gasteiger partial charge in [-0.05, 0) is 50.3 Å². The first-order valence-corrected chi connectivity index (χ1v) is 7.14. The molecule has 0 bridgehead atoms. The standard InChI is InChI=1S/C17H21NO2/c1-4-5-6-7-8-9-18-14-11-12(2)10-13(3)15(14)16(19)17(18)20/h4,10-11H,1,5-9H2,2-3H3. The molecule has 0 N–H and O–H groups in total. The summed E-state index contributed by atoms with van der Waals surface area (Å²) in [4.78, 5) is 25.8. The predicted octanol–water partition coefficient (Wildman–Crippen LogP) is 3.58. The van der Waals surface area contributed by atoms with Crippen LogP contribution in [-0.4, -0.2) is 18.2 Å². The number of allylic oxidation sites excluding steroid dienone is 1. The molecule has 106 valence electrons. The fraction of sp³-hybridized carbons (Fsp3) is 0.412. The minimum Gasteiger partial charge on any atom is -0.305 e. The molecule has 1 aromatic carbocycles. The maximum absolute atomic E-state index is 12.1. The summed E-state index contributed by atoms with van der Waals surface area (Å²) >= 11 is 0. The molecule has 2 rings (SSSR count). The van der Waals surface area contributed by atoms with E-state index in [4.69, 9.17) is 0 Å². The molecule has 0 saturated carbocycles. The van der Waals surface area contributed by atoms with Crippen LogP contribution in [0, 0.1) is 13.8 Å². The third-order valence-corrected chi connectivity index (χ3v) is 3.71. The second kappa shape index (κ2) is 6.04. The lowest BCUT2D eigenvalue weighted by Gasteiger charge is -2.17. The predicted molar refractivity (Wildman–Crippen MR) is 81.3 cm³/mol. The van der Waals surface area contributed by atoms with E-state index >= 15 is 0 Å². The Balaban J connectivity index is 2.14. The van der Waals surface area contributed by atoms with Gasteiger partial charge in [-0.2, -0.15) is 0 Å². The van der Waals surface area contributed by atoms with Crippen molar-refractivity contribution in [2.45, 2.75) is 39.5 Å². The Bertz CT molecular complexity index is 560. The minimum absolute atomic E-state index is 0.358. The van der Waals surface area contributed by atoms with E-state index in [0.717, 1.165) is 42.5 Å². The minimum atomic E-state index is -0.377. The summed E-state index contributed by atoms with van der Waals surface area (Å²) in [5.41, 5.74) is 3.36. The highest BCUT2D eigenvalue weighted by atomic mass is 16.2. The third kappa shape index (κ3) is 2.67. The van der Waals surface area contributed by atoms with E-state index in [1.54, 1.807) is 4.90 Å². The second-order valence-electron chi connectivity index (χ2n) is 5.40.